The Bertz CT molecular complexity index is 478. The molecule has 0 saturated carbocycles. The lowest BCUT2D eigenvalue weighted by Crippen LogP contribution is -2.34. The highest BCUT2D eigenvalue weighted by atomic mass is 16.4. The van der Waals surface area contributed by atoms with Crippen molar-refractivity contribution < 1.29 is 19.5 Å². The van der Waals surface area contributed by atoms with E-state index in [1.165, 1.54) is 0 Å². The Labute approximate surface area is 110 Å². The van der Waals surface area contributed by atoms with Gasteiger partial charge in [-0.15, -0.1) is 0 Å². The number of aliphatic carboxylic acids is 1. The summed E-state index contributed by atoms with van der Waals surface area (Å²) in [6.45, 7) is 3.55. The molecule has 6 heteroatoms. The molecule has 0 unspecified atom stereocenters. The first-order valence-corrected chi connectivity index (χ1v) is 5.77. The number of carboxylic acids is 1. The van der Waals surface area contributed by atoms with Crippen LogP contribution in [0.25, 0.3) is 0 Å². The number of rotatable bonds is 2. The van der Waals surface area contributed by atoms with Crippen LogP contribution in [-0.2, 0) is 4.79 Å². The van der Waals surface area contributed by atoms with Crippen molar-refractivity contribution in [3.63, 3.8) is 0 Å². The minimum Gasteiger partial charge on any atom is -0.480 e. The topological polar surface area (TPSA) is 109 Å². The molecule has 1 heterocycles. The number of amides is 2. The fourth-order valence-electron chi connectivity index (χ4n) is 1.40. The summed E-state index contributed by atoms with van der Waals surface area (Å²) in [5.41, 5.74) is 6.10. The summed E-state index contributed by atoms with van der Waals surface area (Å²) >= 11 is 0. The van der Waals surface area contributed by atoms with Crippen molar-refractivity contribution in [3.05, 3.63) is 35.4 Å². The van der Waals surface area contributed by atoms with Crippen LogP contribution in [0.15, 0.2) is 24.3 Å². The molecule has 1 aromatic rings. The van der Waals surface area contributed by atoms with Crippen molar-refractivity contribution in [2.45, 2.75) is 19.9 Å². The van der Waals surface area contributed by atoms with Crippen molar-refractivity contribution in [1.29, 1.82) is 0 Å². The van der Waals surface area contributed by atoms with Crippen LogP contribution in [0.3, 0.4) is 0 Å². The Morgan fingerprint density at radius 1 is 1.16 bits per heavy atom. The van der Waals surface area contributed by atoms with Crippen LogP contribution in [0.2, 0.25) is 0 Å². The number of imide groups is 1. The Morgan fingerprint density at radius 2 is 1.58 bits per heavy atom. The van der Waals surface area contributed by atoms with Gasteiger partial charge in [0.25, 0.3) is 11.8 Å². The second-order valence-electron chi connectivity index (χ2n) is 4.44. The van der Waals surface area contributed by atoms with Gasteiger partial charge in [0.1, 0.15) is 6.04 Å². The Kier molecular flexibility index (Phi) is 4.77. The molecule has 0 fully saturated rings. The van der Waals surface area contributed by atoms with E-state index in [4.69, 9.17) is 10.8 Å². The first kappa shape index (κ1) is 14.8. The molecule has 0 bridgehead atoms. The molecule has 0 aliphatic carbocycles. The summed E-state index contributed by atoms with van der Waals surface area (Å²) in [5.74, 6) is -1.51. The Morgan fingerprint density at radius 3 is 1.84 bits per heavy atom. The zero-order chi connectivity index (χ0) is 14.6. The maximum absolute atomic E-state index is 10.9. The molecule has 0 spiro atoms. The number of hydrogen-bond acceptors (Lipinski definition) is 4. The number of carbonyl (C=O) groups excluding carboxylic acids is 2. The molecule has 1 aliphatic heterocycles. The SMILES string of the molecule is CC(C)[C@H](N)C(=O)O.O=C1NC(=O)c2ccccc21. The summed E-state index contributed by atoms with van der Waals surface area (Å²) in [5, 5.41) is 10.4. The van der Waals surface area contributed by atoms with E-state index in [9.17, 15) is 14.4 Å². The summed E-state index contributed by atoms with van der Waals surface area (Å²) in [7, 11) is 0. The second kappa shape index (κ2) is 6.10. The van der Waals surface area contributed by atoms with E-state index in [0.717, 1.165) is 0 Å². The molecule has 2 rings (SSSR count). The maximum atomic E-state index is 10.9. The molecule has 0 aromatic heterocycles. The average Bonchev–Trinajstić information content (AvgIpc) is 2.65. The van der Waals surface area contributed by atoms with Crippen LogP contribution in [-0.4, -0.2) is 28.9 Å². The molecule has 4 N–H and O–H groups in total. The highest BCUT2D eigenvalue weighted by Gasteiger charge is 2.25. The van der Waals surface area contributed by atoms with Crippen LogP contribution < -0.4 is 11.1 Å². The highest BCUT2D eigenvalue weighted by Crippen LogP contribution is 2.13. The number of benzene rings is 1. The first-order valence-electron chi connectivity index (χ1n) is 5.77. The standard InChI is InChI=1S/C8H5NO2.C5H11NO2/c10-7-5-3-1-2-4-6(5)8(11)9-7;1-3(2)4(6)5(7)8/h1-4H,(H,9,10,11);3-4H,6H2,1-2H3,(H,7,8)/t;4-/m.0/s1. The van der Waals surface area contributed by atoms with E-state index >= 15 is 0 Å². The number of fused-ring (bicyclic) bond motifs is 1. The molecule has 102 valence electrons. The van der Waals surface area contributed by atoms with Crippen molar-refractivity contribution >= 4 is 17.8 Å². The zero-order valence-corrected chi connectivity index (χ0v) is 10.7. The van der Waals surface area contributed by atoms with Crippen molar-refractivity contribution in [2.24, 2.45) is 11.7 Å². The van der Waals surface area contributed by atoms with Gasteiger partial charge in [-0.3, -0.25) is 19.7 Å². The first-order chi connectivity index (χ1) is 8.84. The van der Waals surface area contributed by atoms with Gasteiger partial charge < -0.3 is 10.8 Å². The van der Waals surface area contributed by atoms with Gasteiger partial charge in [-0.2, -0.15) is 0 Å². The largest absolute Gasteiger partial charge is 0.480 e. The van der Waals surface area contributed by atoms with Crippen molar-refractivity contribution in [3.8, 4) is 0 Å². The summed E-state index contributed by atoms with van der Waals surface area (Å²) < 4.78 is 0. The molecule has 1 aliphatic rings. The van der Waals surface area contributed by atoms with Gasteiger partial charge in [0, 0.05) is 0 Å². The van der Waals surface area contributed by atoms with Crippen LogP contribution in [0, 0.1) is 5.92 Å². The lowest BCUT2D eigenvalue weighted by Gasteiger charge is -2.07. The zero-order valence-electron chi connectivity index (χ0n) is 10.7. The third-order valence-electron chi connectivity index (χ3n) is 2.65. The Balaban J connectivity index is 0.000000203. The third kappa shape index (κ3) is 3.62. The molecular weight excluding hydrogens is 248 g/mol. The molecule has 1 atom stereocenters. The molecule has 6 nitrogen and oxygen atoms in total. The van der Waals surface area contributed by atoms with Gasteiger partial charge >= 0.3 is 5.97 Å². The van der Waals surface area contributed by atoms with Gasteiger partial charge in [0.05, 0.1) is 11.1 Å². The summed E-state index contributed by atoms with van der Waals surface area (Å²) in [6.07, 6.45) is 0. The lowest BCUT2D eigenvalue weighted by atomic mass is 10.1. The van der Waals surface area contributed by atoms with E-state index in [0.29, 0.717) is 11.1 Å². The molecule has 19 heavy (non-hydrogen) atoms. The van der Waals surface area contributed by atoms with E-state index in [1.54, 1.807) is 38.1 Å². The van der Waals surface area contributed by atoms with Crippen LogP contribution >= 0.6 is 0 Å². The molecular formula is C13H16N2O4. The van der Waals surface area contributed by atoms with Gasteiger partial charge in [-0.1, -0.05) is 26.0 Å². The number of hydrogen-bond donors (Lipinski definition) is 3. The molecule has 2 amide bonds. The van der Waals surface area contributed by atoms with E-state index < -0.39 is 12.0 Å². The predicted molar refractivity (Wildman–Crippen MR) is 68.7 cm³/mol. The minimum absolute atomic E-state index is 0.0208. The number of carboxylic acid groups (broad SMARTS) is 1. The average molecular weight is 264 g/mol. The van der Waals surface area contributed by atoms with E-state index in [2.05, 4.69) is 5.32 Å². The molecule has 0 saturated heterocycles. The Hall–Kier alpha value is -2.21. The molecule has 1 aromatic carbocycles. The smallest absolute Gasteiger partial charge is 0.320 e. The van der Waals surface area contributed by atoms with Gasteiger partial charge in [-0.25, -0.2) is 0 Å². The van der Waals surface area contributed by atoms with Crippen LogP contribution in [0.1, 0.15) is 34.6 Å². The molecule has 0 radical (unpaired) electrons. The summed E-state index contributed by atoms with van der Waals surface area (Å²) in [6, 6.07) is 6.02. The van der Waals surface area contributed by atoms with Crippen molar-refractivity contribution in [2.75, 3.05) is 0 Å². The normalized spacial score (nSPS) is 14.3. The van der Waals surface area contributed by atoms with E-state index in [1.807, 2.05) is 0 Å². The van der Waals surface area contributed by atoms with Gasteiger partial charge in [0.15, 0.2) is 0 Å². The van der Waals surface area contributed by atoms with Crippen LogP contribution in [0.4, 0.5) is 0 Å². The monoisotopic (exact) mass is 264 g/mol. The summed E-state index contributed by atoms with van der Waals surface area (Å²) in [4.78, 5) is 31.9. The predicted octanol–water partition coefficient (Wildman–Crippen LogP) is 0.624. The third-order valence-corrected chi connectivity index (χ3v) is 2.65. The number of carbonyl (C=O) groups is 3. The fraction of sp³-hybridized carbons (Fsp3) is 0.308. The van der Waals surface area contributed by atoms with Crippen LogP contribution in [0.5, 0.6) is 0 Å². The van der Waals surface area contributed by atoms with Gasteiger partial charge in [0.2, 0.25) is 0 Å². The maximum Gasteiger partial charge on any atom is 0.320 e. The highest BCUT2D eigenvalue weighted by molar-refractivity contribution is 6.21. The second-order valence-corrected chi connectivity index (χ2v) is 4.44. The number of nitrogens with two attached hydrogens (primary N) is 1. The van der Waals surface area contributed by atoms with E-state index in [-0.39, 0.29) is 17.7 Å². The van der Waals surface area contributed by atoms with Crippen molar-refractivity contribution in [1.82, 2.24) is 5.32 Å². The quantitative estimate of drug-likeness (QED) is 0.678. The lowest BCUT2D eigenvalue weighted by molar-refractivity contribution is -0.139. The fourth-order valence-corrected chi connectivity index (χ4v) is 1.40. The van der Waals surface area contributed by atoms with Gasteiger partial charge in [-0.05, 0) is 18.1 Å². The minimum atomic E-state index is -0.931. The number of nitrogens with one attached hydrogen (secondary N) is 1.